The lowest BCUT2D eigenvalue weighted by molar-refractivity contribution is 0.0949. The number of hydrogen-bond donors (Lipinski definition) is 1. The Bertz CT molecular complexity index is 976. The van der Waals surface area contributed by atoms with Crippen molar-refractivity contribution in [3.63, 3.8) is 0 Å². The molecule has 0 spiro atoms. The molecule has 8 heteroatoms. The summed E-state index contributed by atoms with van der Waals surface area (Å²) >= 11 is 5.99. The third-order valence-electron chi connectivity index (χ3n) is 4.07. The first kappa shape index (κ1) is 20.8. The van der Waals surface area contributed by atoms with Crippen LogP contribution in [0.25, 0.3) is 5.65 Å². The smallest absolute Gasteiger partial charge is 0.251 e. The van der Waals surface area contributed by atoms with Gasteiger partial charge in [-0.3, -0.25) is 4.79 Å². The minimum atomic E-state index is -0.259. The average molecular weight is 418 g/mol. The fourth-order valence-corrected chi connectivity index (χ4v) is 3.04. The topological polar surface area (TPSA) is 74.1 Å². The molecule has 0 aliphatic carbocycles. The summed E-state index contributed by atoms with van der Waals surface area (Å²) in [5.41, 5.74) is 1.87. The highest BCUT2D eigenvalue weighted by Gasteiger charge is 2.18. The van der Waals surface area contributed by atoms with Gasteiger partial charge in [0.25, 0.3) is 5.91 Å². The van der Waals surface area contributed by atoms with Crippen LogP contribution < -0.4 is 19.5 Å². The van der Waals surface area contributed by atoms with Gasteiger partial charge in [0.15, 0.2) is 11.5 Å². The van der Waals surface area contributed by atoms with Crippen LogP contribution in [0.4, 0.5) is 0 Å². The van der Waals surface area contributed by atoms with Gasteiger partial charge in [-0.15, -0.1) is 0 Å². The van der Waals surface area contributed by atoms with E-state index < -0.39 is 0 Å². The third-order valence-corrected chi connectivity index (χ3v) is 4.31. The van der Waals surface area contributed by atoms with E-state index in [2.05, 4.69) is 10.3 Å². The zero-order valence-corrected chi connectivity index (χ0v) is 17.5. The van der Waals surface area contributed by atoms with Gasteiger partial charge in [0, 0.05) is 23.0 Å². The Kier molecular flexibility index (Phi) is 6.82. The Morgan fingerprint density at radius 3 is 2.34 bits per heavy atom. The van der Waals surface area contributed by atoms with Crippen molar-refractivity contribution in [3.05, 3.63) is 52.9 Å². The van der Waals surface area contributed by atoms with Gasteiger partial charge in [0.2, 0.25) is 5.75 Å². The second-order valence-electron chi connectivity index (χ2n) is 6.13. The largest absolute Gasteiger partial charge is 0.490 e. The first-order valence-corrected chi connectivity index (χ1v) is 9.91. The number of hydrogen-bond acceptors (Lipinski definition) is 5. The van der Waals surface area contributed by atoms with Gasteiger partial charge in [0.05, 0.1) is 32.1 Å². The summed E-state index contributed by atoms with van der Waals surface area (Å²) in [6.07, 6.45) is 3.67. The van der Waals surface area contributed by atoms with Crippen LogP contribution in [0.15, 0.2) is 36.7 Å². The molecule has 3 rings (SSSR count). The predicted octanol–water partition coefficient (Wildman–Crippen LogP) is 4.11. The molecule has 29 heavy (non-hydrogen) atoms. The standard InChI is InChI=1S/C21H24ClN3O4/c1-4-27-17-9-14(10-18(28-5-2)20(17)29-6-3)21(26)23-12-16-13-25-8-7-15(22)11-19(25)24-16/h7-11,13H,4-6,12H2,1-3H3,(H,23,26). The molecule has 0 aliphatic heterocycles. The van der Waals surface area contributed by atoms with E-state index in [1.54, 1.807) is 24.3 Å². The van der Waals surface area contributed by atoms with Crippen molar-refractivity contribution in [3.8, 4) is 17.2 Å². The molecule has 1 amide bonds. The Labute approximate surface area is 174 Å². The quantitative estimate of drug-likeness (QED) is 0.567. The van der Waals surface area contributed by atoms with E-state index in [-0.39, 0.29) is 12.5 Å². The summed E-state index contributed by atoms with van der Waals surface area (Å²) in [6, 6.07) is 6.87. The first-order chi connectivity index (χ1) is 14.0. The molecular formula is C21H24ClN3O4. The number of amides is 1. The van der Waals surface area contributed by atoms with Crippen molar-refractivity contribution in [2.24, 2.45) is 0 Å². The number of carbonyl (C=O) groups excluding carboxylic acids is 1. The van der Waals surface area contributed by atoms with Crippen LogP contribution in [-0.2, 0) is 6.54 Å². The SMILES string of the molecule is CCOc1cc(C(=O)NCc2cn3ccc(Cl)cc3n2)cc(OCC)c1OCC. The molecule has 0 fully saturated rings. The fraction of sp³-hybridized carbons (Fsp3) is 0.333. The molecular weight excluding hydrogens is 394 g/mol. The Hall–Kier alpha value is -2.93. The Morgan fingerprint density at radius 2 is 1.72 bits per heavy atom. The molecule has 2 aromatic heterocycles. The number of halogens is 1. The highest BCUT2D eigenvalue weighted by atomic mass is 35.5. The highest BCUT2D eigenvalue weighted by molar-refractivity contribution is 6.30. The summed E-state index contributed by atoms with van der Waals surface area (Å²) in [5, 5.41) is 3.49. The van der Waals surface area contributed by atoms with Crippen LogP contribution in [0.2, 0.25) is 5.02 Å². The van der Waals surface area contributed by atoms with Crippen LogP contribution in [0, 0.1) is 0 Å². The molecule has 154 valence electrons. The molecule has 2 heterocycles. The molecule has 1 aromatic carbocycles. The van der Waals surface area contributed by atoms with E-state index in [1.165, 1.54) is 0 Å². The van der Waals surface area contributed by atoms with Gasteiger partial charge in [-0.25, -0.2) is 4.98 Å². The van der Waals surface area contributed by atoms with E-state index in [0.717, 1.165) is 11.3 Å². The van der Waals surface area contributed by atoms with Crippen LogP contribution in [-0.4, -0.2) is 35.1 Å². The lowest BCUT2D eigenvalue weighted by atomic mass is 10.1. The van der Waals surface area contributed by atoms with Crippen LogP contribution >= 0.6 is 11.6 Å². The maximum atomic E-state index is 12.8. The van der Waals surface area contributed by atoms with Crippen molar-refractivity contribution in [1.29, 1.82) is 0 Å². The van der Waals surface area contributed by atoms with Crippen molar-refractivity contribution in [2.45, 2.75) is 27.3 Å². The zero-order valence-electron chi connectivity index (χ0n) is 16.7. The summed E-state index contributed by atoms with van der Waals surface area (Å²) in [4.78, 5) is 17.2. The average Bonchev–Trinajstić information content (AvgIpc) is 3.10. The van der Waals surface area contributed by atoms with Crippen molar-refractivity contribution in [2.75, 3.05) is 19.8 Å². The van der Waals surface area contributed by atoms with E-state index >= 15 is 0 Å². The highest BCUT2D eigenvalue weighted by Crippen LogP contribution is 2.39. The number of rotatable bonds is 9. The number of fused-ring (bicyclic) bond motifs is 1. The molecule has 1 N–H and O–H groups in total. The third kappa shape index (κ3) is 4.92. The van der Waals surface area contributed by atoms with Crippen molar-refractivity contribution < 1.29 is 19.0 Å². The number of ether oxygens (including phenoxy) is 3. The van der Waals surface area contributed by atoms with Crippen molar-refractivity contribution >= 4 is 23.2 Å². The van der Waals surface area contributed by atoms with Gasteiger partial charge in [0.1, 0.15) is 5.65 Å². The van der Waals surface area contributed by atoms with E-state index in [1.807, 2.05) is 37.6 Å². The summed E-state index contributed by atoms with van der Waals surface area (Å²) in [5.74, 6) is 1.20. The van der Waals surface area contributed by atoms with Crippen LogP contribution in [0.1, 0.15) is 36.8 Å². The second-order valence-corrected chi connectivity index (χ2v) is 6.56. The number of nitrogens with zero attached hydrogens (tertiary/aromatic N) is 2. The molecule has 0 saturated carbocycles. The molecule has 0 bridgehead atoms. The van der Waals surface area contributed by atoms with Crippen LogP contribution in [0.5, 0.6) is 17.2 Å². The lowest BCUT2D eigenvalue weighted by Crippen LogP contribution is -2.23. The van der Waals surface area contributed by atoms with E-state index in [0.29, 0.717) is 47.7 Å². The van der Waals surface area contributed by atoms with E-state index in [9.17, 15) is 4.79 Å². The number of aromatic nitrogens is 2. The molecule has 0 atom stereocenters. The monoisotopic (exact) mass is 417 g/mol. The molecule has 0 radical (unpaired) electrons. The Morgan fingerprint density at radius 1 is 1.07 bits per heavy atom. The van der Waals surface area contributed by atoms with Gasteiger partial charge < -0.3 is 23.9 Å². The number of imidazole rings is 1. The molecule has 3 aromatic rings. The minimum Gasteiger partial charge on any atom is -0.490 e. The van der Waals surface area contributed by atoms with Gasteiger partial charge >= 0.3 is 0 Å². The number of nitrogens with one attached hydrogen (secondary N) is 1. The summed E-state index contributed by atoms with van der Waals surface area (Å²) in [7, 11) is 0. The van der Waals surface area contributed by atoms with Gasteiger partial charge in [-0.2, -0.15) is 0 Å². The fourth-order valence-electron chi connectivity index (χ4n) is 2.89. The molecule has 0 saturated heterocycles. The molecule has 7 nitrogen and oxygen atoms in total. The maximum absolute atomic E-state index is 12.8. The van der Waals surface area contributed by atoms with Gasteiger partial charge in [-0.1, -0.05) is 11.6 Å². The maximum Gasteiger partial charge on any atom is 0.251 e. The second kappa shape index (κ2) is 9.52. The first-order valence-electron chi connectivity index (χ1n) is 9.53. The normalized spacial score (nSPS) is 10.8. The number of benzene rings is 1. The van der Waals surface area contributed by atoms with Crippen LogP contribution in [0.3, 0.4) is 0 Å². The number of pyridine rings is 1. The zero-order chi connectivity index (χ0) is 20.8. The van der Waals surface area contributed by atoms with Crippen molar-refractivity contribution in [1.82, 2.24) is 14.7 Å². The lowest BCUT2D eigenvalue weighted by Gasteiger charge is -2.17. The van der Waals surface area contributed by atoms with Gasteiger partial charge in [-0.05, 0) is 45.0 Å². The summed E-state index contributed by atoms with van der Waals surface area (Å²) in [6.45, 7) is 7.26. The Balaban J connectivity index is 1.81. The molecule has 0 unspecified atom stereocenters. The minimum absolute atomic E-state index is 0.259. The number of carbonyl (C=O) groups is 1. The summed E-state index contributed by atoms with van der Waals surface area (Å²) < 4.78 is 18.9. The van der Waals surface area contributed by atoms with E-state index in [4.69, 9.17) is 25.8 Å². The molecule has 0 aliphatic rings. The predicted molar refractivity (Wildman–Crippen MR) is 111 cm³/mol.